The Morgan fingerprint density at radius 2 is 1.79 bits per heavy atom. The average molecular weight is 392 g/mol. The molecule has 0 aromatic heterocycles. The predicted octanol–water partition coefficient (Wildman–Crippen LogP) is 4.32. The lowest BCUT2D eigenvalue weighted by Gasteiger charge is -2.31. The fourth-order valence-electron chi connectivity index (χ4n) is 4.48. The molecule has 1 aliphatic heterocycles. The number of piperidine rings is 1. The number of likely N-dealkylation sites (tertiary alicyclic amines) is 1. The molecule has 0 saturated carbocycles. The second-order valence-electron chi connectivity index (χ2n) is 8.30. The van der Waals surface area contributed by atoms with Gasteiger partial charge < -0.3 is 15.3 Å². The first-order valence-electron chi connectivity index (χ1n) is 10.5. The zero-order chi connectivity index (χ0) is 20.4. The molecular weight excluding hydrogens is 364 g/mol. The molecule has 1 aliphatic carbocycles. The van der Waals surface area contributed by atoms with Gasteiger partial charge in [-0.05, 0) is 67.3 Å². The summed E-state index contributed by atoms with van der Waals surface area (Å²) in [6.07, 6.45) is 4.41. The molecule has 1 atom stereocenters. The number of para-hydroxylation sites is 1. The van der Waals surface area contributed by atoms with Gasteiger partial charge >= 0.3 is 0 Å². The topological polar surface area (TPSA) is 69.6 Å². The highest BCUT2D eigenvalue weighted by Crippen LogP contribution is 2.37. The fraction of sp³-hybridized carbons (Fsp3) is 0.417. The van der Waals surface area contributed by atoms with Crippen LogP contribution in [0.4, 0.5) is 5.69 Å². The van der Waals surface area contributed by atoms with Crippen LogP contribution in [-0.2, 0) is 11.2 Å². The Balaban J connectivity index is 1.55. The van der Waals surface area contributed by atoms with E-state index in [1.54, 1.807) is 24.3 Å². The van der Waals surface area contributed by atoms with Gasteiger partial charge in [-0.25, -0.2) is 0 Å². The molecule has 0 radical (unpaired) electrons. The summed E-state index contributed by atoms with van der Waals surface area (Å²) in [5.74, 6) is 0.454. The highest BCUT2D eigenvalue weighted by molar-refractivity contribution is 6.05. The number of anilines is 1. The standard InChI is InChI=1S/C24H28N2O3/c1-16-12-14-26(15-13-16)24(29)20-6-2-3-10-21(20)25-23(28)19-9-4-8-18-17(19)7-5-11-22(18)27/h2-3,5-7,10-11,16,19,27H,4,8-9,12-15H2,1H3,(H,25,28). The van der Waals surface area contributed by atoms with Gasteiger partial charge in [0.25, 0.3) is 5.91 Å². The van der Waals surface area contributed by atoms with Crippen molar-refractivity contribution in [3.05, 3.63) is 59.2 Å². The first-order valence-corrected chi connectivity index (χ1v) is 10.5. The van der Waals surface area contributed by atoms with Gasteiger partial charge in [-0.3, -0.25) is 9.59 Å². The number of hydrogen-bond donors (Lipinski definition) is 2. The van der Waals surface area contributed by atoms with E-state index in [1.165, 1.54) is 0 Å². The number of phenolic OH excluding ortho intramolecular Hbond substituents is 1. The van der Waals surface area contributed by atoms with E-state index in [0.29, 0.717) is 17.2 Å². The molecule has 2 aliphatic rings. The third-order valence-corrected chi connectivity index (χ3v) is 6.29. The third-order valence-electron chi connectivity index (χ3n) is 6.29. The summed E-state index contributed by atoms with van der Waals surface area (Å²) in [7, 11) is 0. The van der Waals surface area contributed by atoms with Gasteiger partial charge in [0.05, 0.1) is 17.2 Å². The maximum absolute atomic E-state index is 13.1. The van der Waals surface area contributed by atoms with E-state index < -0.39 is 0 Å². The van der Waals surface area contributed by atoms with Crippen molar-refractivity contribution < 1.29 is 14.7 Å². The number of nitrogens with zero attached hydrogens (tertiary/aromatic N) is 1. The molecule has 4 rings (SSSR count). The molecule has 1 saturated heterocycles. The summed E-state index contributed by atoms with van der Waals surface area (Å²) < 4.78 is 0. The van der Waals surface area contributed by atoms with E-state index in [1.807, 2.05) is 23.1 Å². The molecule has 1 heterocycles. The maximum Gasteiger partial charge on any atom is 0.255 e. The lowest BCUT2D eigenvalue weighted by Crippen LogP contribution is -2.38. The van der Waals surface area contributed by atoms with Crippen LogP contribution >= 0.6 is 0 Å². The van der Waals surface area contributed by atoms with Crippen LogP contribution in [0.3, 0.4) is 0 Å². The summed E-state index contributed by atoms with van der Waals surface area (Å²) in [6.45, 7) is 3.74. The number of carbonyl (C=O) groups excluding carboxylic acids is 2. The Morgan fingerprint density at radius 1 is 1.03 bits per heavy atom. The van der Waals surface area contributed by atoms with Crippen LogP contribution in [0.5, 0.6) is 5.75 Å². The molecule has 0 spiro atoms. The minimum atomic E-state index is -0.315. The minimum absolute atomic E-state index is 0.0190. The van der Waals surface area contributed by atoms with Crippen molar-refractivity contribution in [1.82, 2.24) is 4.90 Å². The molecule has 2 aromatic rings. The van der Waals surface area contributed by atoms with Crippen LogP contribution in [0.15, 0.2) is 42.5 Å². The van der Waals surface area contributed by atoms with E-state index in [9.17, 15) is 14.7 Å². The lowest BCUT2D eigenvalue weighted by atomic mass is 9.82. The number of rotatable bonds is 3. The minimum Gasteiger partial charge on any atom is -0.508 e. The Hall–Kier alpha value is -2.82. The molecule has 5 heteroatoms. The van der Waals surface area contributed by atoms with Crippen LogP contribution < -0.4 is 5.32 Å². The van der Waals surface area contributed by atoms with Crippen molar-refractivity contribution in [3.63, 3.8) is 0 Å². The summed E-state index contributed by atoms with van der Waals surface area (Å²) in [5, 5.41) is 13.1. The van der Waals surface area contributed by atoms with Gasteiger partial charge in [0.1, 0.15) is 5.75 Å². The second-order valence-corrected chi connectivity index (χ2v) is 8.30. The Labute approximate surface area is 171 Å². The van der Waals surface area contributed by atoms with Crippen molar-refractivity contribution >= 4 is 17.5 Å². The number of phenols is 1. The molecule has 0 bridgehead atoms. The highest BCUT2D eigenvalue weighted by Gasteiger charge is 2.29. The van der Waals surface area contributed by atoms with Gasteiger partial charge in [0.2, 0.25) is 5.91 Å². The zero-order valence-corrected chi connectivity index (χ0v) is 16.9. The maximum atomic E-state index is 13.1. The van der Waals surface area contributed by atoms with Crippen LogP contribution in [0.25, 0.3) is 0 Å². The number of amides is 2. The molecule has 2 aromatic carbocycles. The van der Waals surface area contributed by atoms with Gasteiger partial charge in [0, 0.05) is 13.1 Å². The quantitative estimate of drug-likeness (QED) is 0.817. The summed E-state index contributed by atoms with van der Waals surface area (Å²) >= 11 is 0. The van der Waals surface area contributed by atoms with E-state index in [4.69, 9.17) is 0 Å². The van der Waals surface area contributed by atoms with Gasteiger partial charge in [-0.15, -0.1) is 0 Å². The Morgan fingerprint density at radius 3 is 2.59 bits per heavy atom. The van der Waals surface area contributed by atoms with Crippen LogP contribution in [-0.4, -0.2) is 34.9 Å². The number of hydrogen-bond acceptors (Lipinski definition) is 3. The van der Waals surface area contributed by atoms with Gasteiger partial charge in [0.15, 0.2) is 0 Å². The molecule has 152 valence electrons. The fourth-order valence-corrected chi connectivity index (χ4v) is 4.48. The highest BCUT2D eigenvalue weighted by atomic mass is 16.3. The van der Waals surface area contributed by atoms with Crippen molar-refractivity contribution in [2.24, 2.45) is 5.92 Å². The SMILES string of the molecule is CC1CCN(C(=O)c2ccccc2NC(=O)C2CCCc3c(O)cccc32)CC1. The number of benzene rings is 2. The Kier molecular flexibility index (Phi) is 5.56. The van der Waals surface area contributed by atoms with E-state index in [0.717, 1.165) is 56.3 Å². The molecular formula is C24H28N2O3. The number of aromatic hydroxyl groups is 1. The number of fused-ring (bicyclic) bond motifs is 1. The summed E-state index contributed by atoms with van der Waals surface area (Å²) in [4.78, 5) is 28.1. The first-order chi connectivity index (χ1) is 14.0. The van der Waals surface area contributed by atoms with E-state index in [2.05, 4.69) is 12.2 Å². The van der Waals surface area contributed by atoms with Crippen molar-refractivity contribution in [2.75, 3.05) is 18.4 Å². The van der Waals surface area contributed by atoms with Crippen LogP contribution in [0.2, 0.25) is 0 Å². The third kappa shape index (κ3) is 4.00. The molecule has 29 heavy (non-hydrogen) atoms. The lowest BCUT2D eigenvalue weighted by molar-refractivity contribution is -0.117. The predicted molar refractivity (Wildman–Crippen MR) is 113 cm³/mol. The monoisotopic (exact) mass is 392 g/mol. The second kappa shape index (κ2) is 8.27. The van der Waals surface area contributed by atoms with Crippen LogP contribution in [0, 0.1) is 5.92 Å². The van der Waals surface area contributed by atoms with Crippen molar-refractivity contribution in [2.45, 2.75) is 44.9 Å². The number of nitrogens with one attached hydrogen (secondary N) is 1. The van der Waals surface area contributed by atoms with Gasteiger partial charge in [-0.2, -0.15) is 0 Å². The smallest absolute Gasteiger partial charge is 0.255 e. The van der Waals surface area contributed by atoms with E-state index in [-0.39, 0.29) is 23.5 Å². The Bertz CT molecular complexity index is 916. The van der Waals surface area contributed by atoms with Gasteiger partial charge in [-0.1, -0.05) is 31.2 Å². The number of carbonyl (C=O) groups is 2. The summed E-state index contributed by atoms with van der Waals surface area (Å²) in [6, 6.07) is 12.6. The molecule has 1 unspecified atom stereocenters. The summed E-state index contributed by atoms with van der Waals surface area (Å²) in [5.41, 5.74) is 2.86. The largest absolute Gasteiger partial charge is 0.508 e. The molecule has 2 amide bonds. The molecule has 1 fully saturated rings. The normalized spacial score (nSPS) is 19.5. The zero-order valence-electron chi connectivity index (χ0n) is 16.9. The van der Waals surface area contributed by atoms with Crippen molar-refractivity contribution in [3.8, 4) is 5.75 Å². The molecule has 2 N–H and O–H groups in total. The average Bonchev–Trinajstić information content (AvgIpc) is 2.74. The van der Waals surface area contributed by atoms with E-state index >= 15 is 0 Å². The first kappa shape index (κ1) is 19.5. The van der Waals surface area contributed by atoms with Crippen LogP contribution in [0.1, 0.15) is 60.0 Å². The molecule has 5 nitrogen and oxygen atoms in total. The van der Waals surface area contributed by atoms with Crippen molar-refractivity contribution in [1.29, 1.82) is 0 Å².